The van der Waals surface area contributed by atoms with Crippen molar-refractivity contribution in [2.45, 2.75) is 32.0 Å². The van der Waals surface area contributed by atoms with Crippen LogP contribution in [-0.4, -0.2) is 30.1 Å². The van der Waals surface area contributed by atoms with E-state index in [2.05, 4.69) is 24.0 Å². The first-order valence-corrected chi connectivity index (χ1v) is 5.65. The van der Waals surface area contributed by atoms with Gasteiger partial charge in [-0.1, -0.05) is 37.3 Å². The Morgan fingerprint density at radius 1 is 1.38 bits per heavy atom. The normalized spacial score (nSPS) is 27.5. The van der Waals surface area contributed by atoms with E-state index in [1.165, 1.54) is 12.7 Å². The molecule has 2 rings (SSSR count). The van der Waals surface area contributed by atoms with E-state index >= 15 is 0 Å². The minimum Gasteiger partial charge on any atom is -0.468 e. The van der Waals surface area contributed by atoms with E-state index in [-0.39, 0.29) is 12.0 Å². The average molecular weight is 219 g/mol. The summed E-state index contributed by atoms with van der Waals surface area (Å²) < 4.78 is 4.79. The number of rotatable bonds is 4. The standard InChI is InChI=1S/C13H17NO2/c1-3-11-12(13(15)16-2)14(11)9-10-7-5-4-6-8-10/h4-8,11-12H,3,9H2,1-2H3/t11-,12-,14?/m0/s1. The van der Waals surface area contributed by atoms with Crippen LogP contribution in [0.4, 0.5) is 0 Å². The predicted molar refractivity (Wildman–Crippen MR) is 61.9 cm³/mol. The lowest BCUT2D eigenvalue weighted by Gasteiger charge is -2.03. The molecule has 1 aromatic rings. The maximum atomic E-state index is 11.5. The number of hydrogen-bond donors (Lipinski definition) is 0. The minimum absolute atomic E-state index is 0.0322. The van der Waals surface area contributed by atoms with Gasteiger partial charge in [0, 0.05) is 12.6 Å². The van der Waals surface area contributed by atoms with Gasteiger partial charge in [0.2, 0.25) is 0 Å². The van der Waals surface area contributed by atoms with Crippen LogP contribution in [0.1, 0.15) is 18.9 Å². The Morgan fingerprint density at radius 3 is 2.62 bits per heavy atom. The summed E-state index contributed by atoms with van der Waals surface area (Å²) in [6.45, 7) is 2.94. The van der Waals surface area contributed by atoms with Gasteiger partial charge >= 0.3 is 5.97 Å². The molecule has 86 valence electrons. The third-order valence-electron chi connectivity index (χ3n) is 3.13. The molecule has 0 aromatic heterocycles. The van der Waals surface area contributed by atoms with Crippen LogP contribution < -0.4 is 0 Å². The van der Waals surface area contributed by atoms with Crippen molar-refractivity contribution in [2.24, 2.45) is 0 Å². The van der Waals surface area contributed by atoms with Gasteiger partial charge in [-0.15, -0.1) is 0 Å². The number of methoxy groups -OCH3 is 1. The fourth-order valence-corrected chi connectivity index (χ4v) is 2.21. The lowest BCUT2D eigenvalue weighted by molar-refractivity contribution is -0.141. The van der Waals surface area contributed by atoms with Crippen LogP contribution in [0.3, 0.4) is 0 Å². The smallest absolute Gasteiger partial charge is 0.324 e. The summed E-state index contributed by atoms with van der Waals surface area (Å²) in [5.41, 5.74) is 1.24. The van der Waals surface area contributed by atoms with Crippen LogP contribution in [0.5, 0.6) is 0 Å². The number of hydrogen-bond acceptors (Lipinski definition) is 3. The van der Waals surface area contributed by atoms with Gasteiger partial charge in [-0.2, -0.15) is 0 Å². The highest BCUT2D eigenvalue weighted by atomic mass is 16.5. The van der Waals surface area contributed by atoms with Gasteiger partial charge in [0.15, 0.2) is 0 Å². The zero-order valence-electron chi connectivity index (χ0n) is 9.72. The predicted octanol–water partition coefficient (Wildman–Crippen LogP) is 1.82. The average Bonchev–Trinajstić information content (AvgIpc) is 3.02. The molecule has 1 heterocycles. The Labute approximate surface area is 96.0 Å². The van der Waals surface area contributed by atoms with Crippen LogP contribution >= 0.6 is 0 Å². The summed E-state index contributed by atoms with van der Waals surface area (Å²) in [5.74, 6) is -0.109. The molecule has 16 heavy (non-hydrogen) atoms. The van der Waals surface area contributed by atoms with Crippen LogP contribution in [0, 0.1) is 0 Å². The maximum Gasteiger partial charge on any atom is 0.324 e. The Balaban J connectivity index is 1.99. The van der Waals surface area contributed by atoms with Gasteiger partial charge in [-0.25, -0.2) is 0 Å². The van der Waals surface area contributed by atoms with Crippen molar-refractivity contribution >= 4 is 5.97 Å². The topological polar surface area (TPSA) is 29.3 Å². The maximum absolute atomic E-state index is 11.5. The summed E-state index contributed by atoms with van der Waals surface area (Å²) in [7, 11) is 1.45. The molecule has 3 atom stereocenters. The molecule has 0 amide bonds. The summed E-state index contributed by atoms with van der Waals surface area (Å²) in [5, 5.41) is 0. The van der Waals surface area contributed by atoms with E-state index in [0.29, 0.717) is 6.04 Å². The van der Waals surface area contributed by atoms with E-state index in [0.717, 1.165) is 13.0 Å². The SMILES string of the molecule is CC[C@H]1[C@@H](C(=O)OC)N1Cc1ccccc1. The lowest BCUT2D eigenvalue weighted by Crippen LogP contribution is -2.14. The number of esters is 1. The van der Waals surface area contributed by atoms with Crippen LogP contribution in [0.25, 0.3) is 0 Å². The Bertz CT molecular complexity index is 363. The van der Waals surface area contributed by atoms with E-state index in [4.69, 9.17) is 4.74 Å². The molecule has 3 heteroatoms. The molecule has 1 fully saturated rings. The van der Waals surface area contributed by atoms with Crippen molar-refractivity contribution < 1.29 is 9.53 Å². The fraction of sp³-hybridized carbons (Fsp3) is 0.462. The first-order chi connectivity index (χ1) is 7.77. The number of carbonyl (C=O) groups is 1. The molecule has 0 bridgehead atoms. The van der Waals surface area contributed by atoms with Crippen molar-refractivity contribution in [1.82, 2.24) is 4.90 Å². The first kappa shape index (κ1) is 11.1. The van der Waals surface area contributed by atoms with Crippen LogP contribution in [0.15, 0.2) is 30.3 Å². The minimum atomic E-state index is -0.109. The van der Waals surface area contributed by atoms with Crippen molar-refractivity contribution in [2.75, 3.05) is 7.11 Å². The second kappa shape index (κ2) is 4.66. The molecule has 3 nitrogen and oxygen atoms in total. The number of carbonyl (C=O) groups excluding carboxylic acids is 1. The molecule has 1 aliphatic heterocycles. The van der Waals surface area contributed by atoms with E-state index in [1.54, 1.807) is 0 Å². The van der Waals surface area contributed by atoms with Crippen LogP contribution in [-0.2, 0) is 16.1 Å². The number of benzene rings is 1. The largest absolute Gasteiger partial charge is 0.468 e. The van der Waals surface area contributed by atoms with Gasteiger partial charge in [-0.3, -0.25) is 9.69 Å². The summed E-state index contributed by atoms with van der Waals surface area (Å²) in [4.78, 5) is 13.7. The third-order valence-corrected chi connectivity index (χ3v) is 3.13. The lowest BCUT2D eigenvalue weighted by atomic mass is 10.2. The summed E-state index contributed by atoms with van der Waals surface area (Å²) >= 11 is 0. The van der Waals surface area contributed by atoms with Crippen molar-refractivity contribution in [1.29, 1.82) is 0 Å². The van der Waals surface area contributed by atoms with Gasteiger partial charge in [-0.05, 0) is 12.0 Å². The Hall–Kier alpha value is -1.35. The second-order valence-electron chi connectivity index (χ2n) is 4.10. The summed E-state index contributed by atoms with van der Waals surface area (Å²) in [6.07, 6.45) is 0.993. The zero-order chi connectivity index (χ0) is 11.5. The third kappa shape index (κ3) is 2.09. The van der Waals surface area contributed by atoms with Gasteiger partial charge < -0.3 is 4.74 Å². The van der Waals surface area contributed by atoms with Crippen molar-refractivity contribution in [3.05, 3.63) is 35.9 Å². The molecular formula is C13H17NO2. The molecule has 0 radical (unpaired) electrons. The zero-order valence-corrected chi connectivity index (χ0v) is 9.72. The highest BCUT2D eigenvalue weighted by Crippen LogP contribution is 2.33. The summed E-state index contributed by atoms with van der Waals surface area (Å²) in [6, 6.07) is 10.5. The molecule has 1 unspecified atom stereocenters. The highest BCUT2D eigenvalue weighted by molar-refractivity contribution is 5.80. The van der Waals surface area contributed by atoms with Gasteiger partial charge in [0.25, 0.3) is 0 Å². The van der Waals surface area contributed by atoms with E-state index in [1.807, 2.05) is 18.2 Å². The fourth-order valence-electron chi connectivity index (χ4n) is 2.21. The molecule has 0 N–H and O–H groups in total. The van der Waals surface area contributed by atoms with Crippen molar-refractivity contribution in [3.63, 3.8) is 0 Å². The molecule has 1 aliphatic rings. The Kier molecular flexibility index (Phi) is 3.25. The quantitative estimate of drug-likeness (QED) is 0.571. The number of nitrogens with zero attached hydrogens (tertiary/aromatic N) is 1. The van der Waals surface area contributed by atoms with E-state index in [9.17, 15) is 4.79 Å². The van der Waals surface area contributed by atoms with Crippen LogP contribution in [0.2, 0.25) is 0 Å². The van der Waals surface area contributed by atoms with Gasteiger partial charge in [0.1, 0.15) is 6.04 Å². The monoisotopic (exact) mass is 219 g/mol. The Morgan fingerprint density at radius 2 is 2.06 bits per heavy atom. The molecule has 0 saturated carbocycles. The van der Waals surface area contributed by atoms with Crippen molar-refractivity contribution in [3.8, 4) is 0 Å². The molecule has 0 spiro atoms. The van der Waals surface area contributed by atoms with Gasteiger partial charge in [0.05, 0.1) is 7.11 Å². The highest BCUT2D eigenvalue weighted by Gasteiger charge is 2.51. The molecule has 1 saturated heterocycles. The molecule has 0 aliphatic carbocycles. The second-order valence-corrected chi connectivity index (χ2v) is 4.10. The first-order valence-electron chi connectivity index (χ1n) is 5.65. The molecular weight excluding hydrogens is 202 g/mol. The van der Waals surface area contributed by atoms with E-state index < -0.39 is 0 Å². The molecule has 1 aromatic carbocycles. The number of ether oxygens (including phenoxy) is 1.